The maximum Gasteiger partial charge on any atom is 0.351 e. The molecule has 0 radical (unpaired) electrons. The van der Waals surface area contributed by atoms with Gasteiger partial charge in [0.2, 0.25) is 0 Å². The van der Waals surface area contributed by atoms with Crippen LogP contribution in [0.1, 0.15) is 26.7 Å². The molecule has 0 spiro atoms. The van der Waals surface area contributed by atoms with Crippen molar-refractivity contribution in [2.75, 3.05) is 6.61 Å². The lowest BCUT2D eigenvalue weighted by Gasteiger charge is -2.18. The lowest BCUT2D eigenvalue weighted by molar-refractivity contribution is -0.186. The molecule has 0 aromatic heterocycles. The van der Waals surface area contributed by atoms with Gasteiger partial charge in [0.1, 0.15) is 0 Å². The summed E-state index contributed by atoms with van der Waals surface area (Å²) in [6.07, 6.45) is -1.41. The number of carbonyl (C=O) groups excluding carboxylic acids is 1. The largest absolute Gasteiger partial charge is 0.392 e. The molecule has 0 aromatic rings. The first kappa shape index (κ1) is 12.4. The van der Waals surface area contributed by atoms with Crippen LogP contribution in [0.25, 0.3) is 0 Å². The number of ether oxygens (including phenoxy) is 2. The topological polar surface area (TPSA) is 65.0 Å². The highest BCUT2D eigenvalue weighted by atomic mass is 19.3. The molecule has 0 bridgehead atoms. The Balaban J connectivity index is 2.27. The Kier molecular flexibility index (Phi) is 4.01. The summed E-state index contributed by atoms with van der Waals surface area (Å²) in [4.78, 5) is 13.4. The minimum Gasteiger partial charge on any atom is -0.392 e. The van der Waals surface area contributed by atoms with Crippen LogP contribution in [0.4, 0.5) is 4.53 Å². The monoisotopic (exact) mass is 222 g/mol. The molecule has 1 heterocycles. The summed E-state index contributed by atoms with van der Waals surface area (Å²) in [6, 6.07) is 0. The van der Waals surface area contributed by atoms with Crippen molar-refractivity contribution in [3.63, 3.8) is 0 Å². The molecule has 1 rings (SSSR count). The first-order chi connectivity index (χ1) is 6.93. The Hall–Kier alpha value is -0.720. The first-order valence-electron chi connectivity index (χ1n) is 4.74. The van der Waals surface area contributed by atoms with E-state index < -0.39 is 17.9 Å². The van der Waals surface area contributed by atoms with Gasteiger partial charge in [-0.25, -0.2) is 4.79 Å². The van der Waals surface area contributed by atoms with Crippen molar-refractivity contribution in [1.82, 2.24) is 0 Å². The average molecular weight is 222 g/mol. The molecular formula is C9H15FO5. The summed E-state index contributed by atoms with van der Waals surface area (Å²) in [7, 11) is 0. The number of halogens is 1. The van der Waals surface area contributed by atoms with Crippen molar-refractivity contribution in [2.45, 2.75) is 44.7 Å². The number of aliphatic hydroxyl groups is 1. The molecule has 2 unspecified atom stereocenters. The van der Waals surface area contributed by atoms with Crippen LogP contribution in [0, 0.1) is 0 Å². The highest BCUT2D eigenvalue weighted by Crippen LogP contribution is 2.25. The lowest BCUT2D eigenvalue weighted by atomic mass is 10.1. The van der Waals surface area contributed by atoms with E-state index in [-0.39, 0.29) is 18.9 Å². The van der Waals surface area contributed by atoms with Crippen molar-refractivity contribution in [1.29, 1.82) is 0 Å². The predicted octanol–water partition coefficient (Wildman–Crippen LogP) is 0.707. The zero-order valence-corrected chi connectivity index (χ0v) is 8.73. The van der Waals surface area contributed by atoms with Gasteiger partial charge >= 0.3 is 5.97 Å². The summed E-state index contributed by atoms with van der Waals surface area (Å²) < 4.78 is 22.0. The second-order valence-electron chi connectivity index (χ2n) is 3.99. The van der Waals surface area contributed by atoms with Crippen molar-refractivity contribution < 1.29 is 28.8 Å². The van der Waals surface area contributed by atoms with Crippen LogP contribution in [0.15, 0.2) is 0 Å². The van der Waals surface area contributed by atoms with Crippen LogP contribution >= 0.6 is 0 Å². The van der Waals surface area contributed by atoms with Crippen molar-refractivity contribution >= 4 is 5.97 Å². The van der Waals surface area contributed by atoms with Gasteiger partial charge in [-0.1, -0.05) is 0 Å². The summed E-state index contributed by atoms with van der Waals surface area (Å²) in [6.45, 7) is 3.87. The van der Waals surface area contributed by atoms with Crippen LogP contribution in [-0.4, -0.2) is 35.7 Å². The van der Waals surface area contributed by atoms with Crippen molar-refractivity contribution in [3.05, 3.63) is 0 Å². The Morgan fingerprint density at radius 2 is 2.40 bits per heavy atom. The van der Waals surface area contributed by atoms with Gasteiger partial charge in [-0.3, -0.25) is 4.94 Å². The molecule has 2 atom stereocenters. The molecule has 6 heteroatoms. The van der Waals surface area contributed by atoms with Crippen molar-refractivity contribution in [3.8, 4) is 0 Å². The third kappa shape index (κ3) is 4.11. The van der Waals surface area contributed by atoms with Gasteiger partial charge in [0.15, 0.2) is 5.79 Å². The van der Waals surface area contributed by atoms with Gasteiger partial charge in [0.05, 0.1) is 25.2 Å². The fraction of sp³-hybridized carbons (Fsp3) is 0.889. The molecule has 1 N–H and O–H groups in total. The molecule has 5 nitrogen and oxygen atoms in total. The predicted molar refractivity (Wildman–Crippen MR) is 47.3 cm³/mol. The molecule has 0 amide bonds. The number of hydrogen-bond acceptors (Lipinski definition) is 5. The highest BCUT2D eigenvalue weighted by Gasteiger charge is 2.34. The summed E-state index contributed by atoms with van der Waals surface area (Å²) in [5.41, 5.74) is 0. The molecule has 88 valence electrons. The van der Waals surface area contributed by atoms with Gasteiger partial charge in [-0.2, -0.15) is 0 Å². The fourth-order valence-electron chi connectivity index (χ4n) is 1.49. The first-order valence-corrected chi connectivity index (χ1v) is 4.74. The van der Waals surface area contributed by atoms with Gasteiger partial charge in [0.25, 0.3) is 0 Å². The summed E-state index contributed by atoms with van der Waals surface area (Å²) in [5, 5.41) is 9.38. The van der Waals surface area contributed by atoms with E-state index in [1.54, 1.807) is 13.8 Å². The second-order valence-corrected chi connectivity index (χ2v) is 3.99. The fourth-order valence-corrected chi connectivity index (χ4v) is 1.49. The van der Waals surface area contributed by atoms with Crippen molar-refractivity contribution in [2.24, 2.45) is 0 Å². The van der Waals surface area contributed by atoms with E-state index in [0.717, 1.165) is 0 Å². The number of rotatable bonds is 4. The molecular weight excluding hydrogens is 207 g/mol. The number of aliphatic hydroxyl groups excluding tert-OH is 1. The quantitative estimate of drug-likeness (QED) is 0.758. The van der Waals surface area contributed by atoms with Crippen LogP contribution in [0.2, 0.25) is 0 Å². The van der Waals surface area contributed by atoms with Crippen LogP contribution in [-0.2, 0) is 19.2 Å². The molecule has 15 heavy (non-hydrogen) atoms. The van der Waals surface area contributed by atoms with Gasteiger partial charge < -0.3 is 14.6 Å². The van der Waals surface area contributed by atoms with Crippen LogP contribution < -0.4 is 0 Å². The van der Waals surface area contributed by atoms with E-state index in [9.17, 15) is 14.4 Å². The summed E-state index contributed by atoms with van der Waals surface area (Å²) >= 11 is 0. The van der Waals surface area contributed by atoms with E-state index >= 15 is 0 Å². The highest BCUT2D eigenvalue weighted by molar-refractivity contribution is 5.69. The van der Waals surface area contributed by atoms with E-state index in [4.69, 9.17) is 9.47 Å². The van der Waals surface area contributed by atoms with Gasteiger partial charge in [0, 0.05) is 10.9 Å². The number of carbonyl (C=O) groups is 1. The van der Waals surface area contributed by atoms with Gasteiger partial charge in [-0.15, -0.1) is 0 Å². The number of hydrogen-bond donors (Lipinski definition) is 1. The third-order valence-electron chi connectivity index (χ3n) is 2.09. The van der Waals surface area contributed by atoms with E-state index in [0.29, 0.717) is 6.61 Å². The van der Waals surface area contributed by atoms with Gasteiger partial charge in [-0.05, 0) is 13.8 Å². The Labute approximate surface area is 87.0 Å². The lowest BCUT2D eigenvalue weighted by Crippen LogP contribution is -2.25. The molecule has 1 aliphatic heterocycles. The van der Waals surface area contributed by atoms with E-state index in [2.05, 4.69) is 4.94 Å². The van der Waals surface area contributed by atoms with E-state index in [1.807, 2.05) is 0 Å². The normalized spacial score (nSPS) is 26.3. The standard InChI is InChI=1S/C9H15FO5/c1-9(2)13-5-7(14-9)3-6(11)4-8(12)15-10/h6-7,11H,3-5H2,1-2H3. The minimum absolute atomic E-state index is 0.221. The zero-order valence-electron chi connectivity index (χ0n) is 8.73. The average Bonchev–Trinajstić information content (AvgIpc) is 2.44. The third-order valence-corrected chi connectivity index (χ3v) is 2.09. The Morgan fingerprint density at radius 3 is 2.87 bits per heavy atom. The van der Waals surface area contributed by atoms with Crippen LogP contribution in [0.5, 0.6) is 0 Å². The smallest absolute Gasteiger partial charge is 0.351 e. The SMILES string of the molecule is CC1(C)OCC(CC(O)CC(=O)OF)O1. The molecule has 0 aromatic carbocycles. The zero-order chi connectivity index (χ0) is 11.5. The maximum absolute atomic E-state index is 11.4. The molecule has 0 saturated carbocycles. The molecule has 1 fully saturated rings. The van der Waals surface area contributed by atoms with E-state index in [1.165, 1.54) is 0 Å². The summed E-state index contributed by atoms with van der Waals surface area (Å²) in [5.74, 6) is -1.74. The Morgan fingerprint density at radius 1 is 1.73 bits per heavy atom. The second kappa shape index (κ2) is 4.87. The molecule has 1 aliphatic rings. The Bertz CT molecular complexity index is 231. The molecule has 1 saturated heterocycles. The minimum atomic E-state index is -1.08. The maximum atomic E-state index is 11.4. The van der Waals surface area contributed by atoms with Crippen LogP contribution in [0.3, 0.4) is 0 Å². The molecule has 0 aliphatic carbocycles.